The second-order valence-electron chi connectivity index (χ2n) is 5.15. The zero-order valence-corrected chi connectivity index (χ0v) is 10.9. The van der Waals surface area contributed by atoms with Crippen LogP contribution in [0.1, 0.15) is 30.9 Å². The van der Waals surface area contributed by atoms with E-state index in [1.54, 1.807) is 0 Å². The van der Waals surface area contributed by atoms with Crippen molar-refractivity contribution >= 4 is 0 Å². The third-order valence-electron chi connectivity index (χ3n) is 3.77. The zero-order chi connectivity index (χ0) is 12.1. The minimum Gasteiger partial charge on any atom is -0.330 e. The van der Waals surface area contributed by atoms with Gasteiger partial charge in [0, 0.05) is 13.1 Å². The lowest BCUT2D eigenvalue weighted by Gasteiger charge is -2.32. The normalized spacial score (nSPS) is 21.6. The number of piperidine rings is 1. The fraction of sp³-hybridized carbons (Fsp3) is 0.600. The first-order valence-corrected chi connectivity index (χ1v) is 6.82. The highest BCUT2D eigenvalue weighted by atomic mass is 15.1. The van der Waals surface area contributed by atoms with Gasteiger partial charge in [-0.3, -0.25) is 4.90 Å². The largest absolute Gasteiger partial charge is 0.330 e. The van der Waals surface area contributed by atoms with Crippen LogP contribution >= 0.6 is 0 Å². The highest BCUT2D eigenvalue weighted by molar-refractivity contribution is 5.22. The predicted molar refractivity (Wildman–Crippen MR) is 72.9 cm³/mol. The van der Waals surface area contributed by atoms with Crippen molar-refractivity contribution in [1.82, 2.24) is 4.90 Å². The van der Waals surface area contributed by atoms with Crippen molar-refractivity contribution in [2.45, 2.75) is 32.7 Å². The Hall–Kier alpha value is -0.860. The van der Waals surface area contributed by atoms with Gasteiger partial charge in [-0.15, -0.1) is 0 Å². The number of nitrogens with zero attached hydrogens (tertiary/aromatic N) is 1. The lowest BCUT2D eigenvalue weighted by atomic mass is 9.98. The summed E-state index contributed by atoms with van der Waals surface area (Å²) in [7, 11) is 0. The van der Waals surface area contributed by atoms with Crippen LogP contribution in [0.2, 0.25) is 0 Å². The minimum atomic E-state index is 0.707. The highest BCUT2D eigenvalue weighted by Gasteiger charge is 2.18. The zero-order valence-electron chi connectivity index (χ0n) is 10.9. The van der Waals surface area contributed by atoms with E-state index in [-0.39, 0.29) is 0 Å². The van der Waals surface area contributed by atoms with Crippen LogP contribution in [-0.4, -0.2) is 24.5 Å². The van der Waals surface area contributed by atoms with Gasteiger partial charge in [-0.2, -0.15) is 0 Å². The van der Waals surface area contributed by atoms with Crippen molar-refractivity contribution in [1.29, 1.82) is 0 Å². The van der Waals surface area contributed by atoms with Gasteiger partial charge in [0.05, 0.1) is 0 Å². The van der Waals surface area contributed by atoms with Crippen molar-refractivity contribution in [3.63, 3.8) is 0 Å². The van der Waals surface area contributed by atoms with E-state index in [1.165, 1.54) is 37.1 Å². The van der Waals surface area contributed by atoms with Crippen molar-refractivity contribution in [2.75, 3.05) is 19.6 Å². The molecule has 0 spiro atoms. The van der Waals surface area contributed by atoms with Crippen molar-refractivity contribution in [3.8, 4) is 0 Å². The number of benzene rings is 1. The number of hydrogen-bond acceptors (Lipinski definition) is 2. The first kappa shape index (κ1) is 12.6. The Morgan fingerprint density at radius 3 is 2.59 bits per heavy atom. The lowest BCUT2D eigenvalue weighted by molar-refractivity contribution is 0.171. The highest BCUT2D eigenvalue weighted by Crippen LogP contribution is 2.17. The number of rotatable bonds is 4. The summed E-state index contributed by atoms with van der Waals surface area (Å²) in [5.41, 5.74) is 8.62. The molecule has 0 radical (unpaired) electrons. The molecule has 1 fully saturated rings. The standard InChI is InChI=1S/C15H24N2/c1-2-13-5-7-14(8-6-13)11-17-9-3-4-15(10-16)12-17/h5-8,15H,2-4,9-12,16H2,1H3/t15-/m0/s1. The maximum Gasteiger partial charge on any atom is 0.0233 e. The SMILES string of the molecule is CCc1ccc(CN2CCC[C@@H](CN)C2)cc1. The van der Waals surface area contributed by atoms with Gasteiger partial charge in [0.2, 0.25) is 0 Å². The molecule has 1 aromatic rings. The van der Waals surface area contributed by atoms with Crippen LogP contribution in [0, 0.1) is 5.92 Å². The van der Waals surface area contributed by atoms with Gasteiger partial charge in [-0.05, 0) is 49.4 Å². The first-order chi connectivity index (χ1) is 8.31. The molecule has 1 atom stereocenters. The molecule has 17 heavy (non-hydrogen) atoms. The molecule has 1 aromatic carbocycles. The number of aryl methyl sites for hydroxylation is 1. The second-order valence-corrected chi connectivity index (χ2v) is 5.15. The molecule has 2 N–H and O–H groups in total. The fourth-order valence-corrected chi connectivity index (χ4v) is 2.63. The maximum atomic E-state index is 5.77. The van der Waals surface area contributed by atoms with E-state index in [2.05, 4.69) is 36.1 Å². The third kappa shape index (κ3) is 3.55. The van der Waals surface area contributed by atoms with Crippen LogP contribution in [-0.2, 0) is 13.0 Å². The molecule has 1 aliphatic rings. The summed E-state index contributed by atoms with van der Waals surface area (Å²) in [6.07, 6.45) is 3.73. The molecule has 0 aliphatic carbocycles. The Kier molecular flexibility index (Phi) is 4.57. The summed E-state index contributed by atoms with van der Waals surface area (Å²) >= 11 is 0. The van der Waals surface area contributed by atoms with E-state index in [0.29, 0.717) is 5.92 Å². The van der Waals surface area contributed by atoms with E-state index >= 15 is 0 Å². The molecule has 0 unspecified atom stereocenters. The van der Waals surface area contributed by atoms with Crippen LogP contribution in [0.15, 0.2) is 24.3 Å². The summed E-state index contributed by atoms with van der Waals surface area (Å²) in [5, 5.41) is 0. The fourth-order valence-electron chi connectivity index (χ4n) is 2.63. The Labute approximate surface area is 105 Å². The predicted octanol–water partition coefficient (Wildman–Crippen LogP) is 2.42. The Morgan fingerprint density at radius 2 is 1.94 bits per heavy atom. The number of nitrogens with two attached hydrogens (primary N) is 1. The monoisotopic (exact) mass is 232 g/mol. The van der Waals surface area contributed by atoms with Crippen LogP contribution in [0.5, 0.6) is 0 Å². The molecule has 0 aromatic heterocycles. The van der Waals surface area contributed by atoms with Gasteiger partial charge in [0.15, 0.2) is 0 Å². The molecule has 2 nitrogen and oxygen atoms in total. The molecule has 0 amide bonds. The molecule has 0 bridgehead atoms. The molecular weight excluding hydrogens is 208 g/mol. The summed E-state index contributed by atoms with van der Waals surface area (Å²) in [6.45, 7) is 6.52. The van der Waals surface area contributed by atoms with E-state index in [9.17, 15) is 0 Å². The van der Waals surface area contributed by atoms with Gasteiger partial charge in [-0.25, -0.2) is 0 Å². The summed E-state index contributed by atoms with van der Waals surface area (Å²) < 4.78 is 0. The van der Waals surface area contributed by atoms with Gasteiger partial charge >= 0.3 is 0 Å². The van der Waals surface area contributed by atoms with Crippen LogP contribution in [0.4, 0.5) is 0 Å². The molecule has 1 saturated heterocycles. The van der Waals surface area contributed by atoms with Crippen molar-refractivity contribution in [3.05, 3.63) is 35.4 Å². The van der Waals surface area contributed by atoms with E-state index in [0.717, 1.165) is 19.5 Å². The molecule has 2 heteroatoms. The van der Waals surface area contributed by atoms with E-state index < -0.39 is 0 Å². The van der Waals surface area contributed by atoms with Crippen LogP contribution < -0.4 is 5.73 Å². The molecule has 94 valence electrons. The average Bonchev–Trinajstić information content (AvgIpc) is 2.40. The van der Waals surface area contributed by atoms with Gasteiger partial charge in [0.25, 0.3) is 0 Å². The Bertz CT molecular complexity index is 331. The average molecular weight is 232 g/mol. The molecule has 1 heterocycles. The van der Waals surface area contributed by atoms with Crippen LogP contribution in [0.3, 0.4) is 0 Å². The Morgan fingerprint density at radius 1 is 1.24 bits per heavy atom. The molecule has 1 aliphatic heterocycles. The van der Waals surface area contributed by atoms with Gasteiger partial charge in [0.1, 0.15) is 0 Å². The summed E-state index contributed by atoms with van der Waals surface area (Å²) in [6, 6.07) is 9.04. The van der Waals surface area contributed by atoms with E-state index in [1.807, 2.05) is 0 Å². The lowest BCUT2D eigenvalue weighted by Crippen LogP contribution is -2.37. The number of hydrogen-bond donors (Lipinski definition) is 1. The molecular formula is C15H24N2. The van der Waals surface area contributed by atoms with Crippen molar-refractivity contribution in [2.24, 2.45) is 11.7 Å². The smallest absolute Gasteiger partial charge is 0.0233 e. The van der Waals surface area contributed by atoms with Crippen molar-refractivity contribution < 1.29 is 0 Å². The van der Waals surface area contributed by atoms with Gasteiger partial charge in [-0.1, -0.05) is 31.2 Å². The summed E-state index contributed by atoms with van der Waals surface area (Å²) in [5.74, 6) is 0.707. The molecule has 0 saturated carbocycles. The topological polar surface area (TPSA) is 29.3 Å². The second kappa shape index (κ2) is 6.18. The van der Waals surface area contributed by atoms with Gasteiger partial charge < -0.3 is 5.73 Å². The summed E-state index contributed by atoms with van der Waals surface area (Å²) in [4.78, 5) is 2.54. The van der Waals surface area contributed by atoms with E-state index in [4.69, 9.17) is 5.73 Å². The molecule has 2 rings (SSSR count). The number of likely N-dealkylation sites (tertiary alicyclic amines) is 1. The quantitative estimate of drug-likeness (QED) is 0.864. The third-order valence-corrected chi connectivity index (χ3v) is 3.77. The Balaban J connectivity index is 1.90. The minimum absolute atomic E-state index is 0.707. The van der Waals surface area contributed by atoms with Crippen LogP contribution in [0.25, 0.3) is 0 Å². The first-order valence-electron chi connectivity index (χ1n) is 6.82. The maximum absolute atomic E-state index is 5.77.